The van der Waals surface area contributed by atoms with Gasteiger partial charge in [-0.25, -0.2) is 0 Å². The molecule has 144 valence electrons. The molecule has 1 aliphatic heterocycles. The summed E-state index contributed by atoms with van der Waals surface area (Å²) >= 11 is 0. The second-order valence-electron chi connectivity index (χ2n) is 7.74. The summed E-state index contributed by atoms with van der Waals surface area (Å²) in [6.07, 6.45) is 0. The van der Waals surface area contributed by atoms with Gasteiger partial charge in [-0.05, 0) is 50.6 Å². The van der Waals surface area contributed by atoms with Gasteiger partial charge in [0.05, 0.1) is 6.54 Å². The largest absolute Gasteiger partial charge is 0.368 e. The van der Waals surface area contributed by atoms with Crippen LogP contribution in [0.15, 0.2) is 42.5 Å². The maximum atomic E-state index is 12.7. The van der Waals surface area contributed by atoms with E-state index >= 15 is 0 Å². The fourth-order valence-electron chi connectivity index (χ4n) is 3.67. The van der Waals surface area contributed by atoms with E-state index in [0.29, 0.717) is 6.54 Å². The molecule has 2 aromatic rings. The lowest BCUT2D eigenvalue weighted by atomic mass is 10.1. The Morgan fingerprint density at radius 2 is 1.63 bits per heavy atom. The minimum Gasteiger partial charge on any atom is -0.368 e. The van der Waals surface area contributed by atoms with E-state index in [1.54, 1.807) is 0 Å². The highest BCUT2D eigenvalue weighted by molar-refractivity contribution is 5.78. The van der Waals surface area contributed by atoms with Crippen molar-refractivity contribution in [1.82, 2.24) is 9.80 Å². The summed E-state index contributed by atoms with van der Waals surface area (Å²) < 4.78 is 0. The Balaban J connectivity index is 1.50. The second-order valence-corrected chi connectivity index (χ2v) is 7.74. The first-order valence-corrected chi connectivity index (χ1v) is 9.77. The lowest BCUT2D eigenvalue weighted by molar-refractivity contribution is -0.132. The molecule has 1 saturated heterocycles. The topological polar surface area (TPSA) is 26.8 Å². The van der Waals surface area contributed by atoms with Crippen molar-refractivity contribution in [2.24, 2.45) is 0 Å². The molecule has 1 heterocycles. The van der Waals surface area contributed by atoms with Crippen LogP contribution >= 0.6 is 0 Å². The number of hydrogen-bond acceptors (Lipinski definition) is 3. The molecule has 0 N–H and O–H groups in total. The van der Waals surface area contributed by atoms with E-state index in [1.807, 2.05) is 11.9 Å². The second kappa shape index (κ2) is 8.57. The number of carbonyl (C=O) groups excluding carboxylic acids is 1. The number of likely N-dealkylation sites (N-methyl/N-ethyl adjacent to an activating group) is 1. The number of nitrogens with zero attached hydrogens (tertiary/aromatic N) is 3. The van der Waals surface area contributed by atoms with E-state index in [9.17, 15) is 4.79 Å². The minimum atomic E-state index is 0.227. The zero-order chi connectivity index (χ0) is 19.4. The third kappa shape index (κ3) is 4.89. The standard InChI is InChI=1S/C23H31N3O/c1-18-8-10-21(11-9-18)16-24(4)17-23(27)26-14-12-25(13-15-26)22-7-5-6-19(2)20(22)3/h5-11H,12-17H2,1-4H3. The summed E-state index contributed by atoms with van der Waals surface area (Å²) in [5.41, 5.74) is 6.48. The third-order valence-corrected chi connectivity index (χ3v) is 5.53. The molecule has 0 aliphatic carbocycles. The fourth-order valence-corrected chi connectivity index (χ4v) is 3.67. The Morgan fingerprint density at radius 3 is 2.30 bits per heavy atom. The molecule has 0 bridgehead atoms. The summed E-state index contributed by atoms with van der Waals surface area (Å²) in [5, 5.41) is 0. The highest BCUT2D eigenvalue weighted by atomic mass is 16.2. The van der Waals surface area contributed by atoms with Crippen LogP contribution in [0.3, 0.4) is 0 Å². The molecule has 27 heavy (non-hydrogen) atoms. The summed E-state index contributed by atoms with van der Waals surface area (Å²) in [5.74, 6) is 0.227. The molecule has 0 saturated carbocycles. The minimum absolute atomic E-state index is 0.227. The Bertz CT molecular complexity index is 777. The van der Waals surface area contributed by atoms with Crippen molar-refractivity contribution < 1.29 is 4.79 Å². The molecule has 1 fully saturated rings. The lowest BCUT2D eigenvalue weighted by Crippen LogP contribution is -2.51. The van der Waals surface area contributed by atoms with Gasteiger partial charge in [0.2, 0.25) is 5.91 Å². The van der Waals surface area contributed by atoms with Crippen LogP contribution in [-0.4, -0.2) is 55.5 Å². The van der Waals surface area contributed by atoms with E-state index < -0.39 is 0 Å². The van der Waals surface area contributed by atoms with Gasteiger partial charge in [0.15, 0.2) is 0 Å². The van der Waals surface area contributed by atoms with Crippen molar-refractivity contribution in [2.45, 2.75) is 27.3 Å². The molecule has 0 unspecified atom stereocenters. The van der Waals surface area contributed by atoms with Crippen molar-refractivity contribution in [1.29, 1.82) is 0 Å². The molecule has 0 spiro atoms. The fraction of sp³-hybridized carbons (Fsp3) is 0.435. The SMILES string of the molecule is Cc1ccc(CN(C)CC(=O)N2CCN(c3cccc(C)c3C)CC2)cc1. The first-order chi connectivity index (χ1) is 12.9. The number of aryl methyl sites for hydroxylation is 2. The molecular weight excluding hydrogens is 334 g/mol. The van der Waals surface area contributed by atoms with Crippen molar-refractivity contribution >= 4 is 11.6 Å². The van der Waals surface area contributed by atoms with E-state index in [4.69, 9.17) is 0 Å². The van der Waals surface area contributed by atoms with Gasteiger partial charge in [-0.1, -0.05) is 42.0 Å². The van der Waals surface area contributed by atoms with Crippen molar-refractivity contribution in [3.8, 4) is 0 Å². The molecule has 0 atom stereocenters. The van der Waals surface area contributed by atoms with E-state index in [-0.39, 0.29) is 5.91 Å². The summed E-state index contributed by atoms with van der Waals surface area (Å²) in [7, 11) is 2.02. The molecule has 1 aliphatic rings. The van der Waals surface area contributed by atoms with Crippen molar-refractivity contribution in [3.05, 3.63) is 64.7 Å². The summed E-state index contributed by atoms with van der Waals surface area (Å²) in [6, 6.07) is 15.0. The molecule has 1 amide bonds. The van der Waals surface area contributed by atoms with Gasteiger partial charge in [0, 0.05) is 38.4 Å². The average molecular weight is 366 g/mol. The molecule has 4 heteroatoms. The summed E-state index contributed by atoms with van der Waals surface area (Å²) in [6.45, 7) is 11.1. The van der Waals surface area contributed by atoms with E-state index in [0.717, 1.165) is 32.7 Å². The zero-order valence-corrected chi connectivity index (χ0v) is 17.0. The van der Waals surface area contributed by atoms with E-state index in [2.05, 4.69) is 73.0 Å². The lowest BCUT2D eigenvalue weighted by Gasteiger charge is -2.37. The average Bonchev–Trinajstić information content (AvgIpc) is 2.66. The molecular formula is C23H31N3O. The number of carbonyl (C=O) groups is 1. The van der Waals surface area contributed by atoms with Gasteiger partial charge in [-0.15, -0.1) is 0 Å². The van der Waals surface area contributed by atoms with Crippen LogP contribution in [0.25, 0.3) is 0 Å². The van der Waals surface area contributed by atoms with Gasteiger partial charge in [-0.3, -0.25) is 9.69 Å². The van der Waals surface area contributed by atoms with Crippen LogP contribution in [0.4, 0.5) is 5.69 Å². The van der Waals surface area contributed by atoms with Gasteiger partial charge in [-0.2, -0.15) is 0 Å². The Hall–Kier alpha value is -2.33. The number of hydrogen-bond donors (Lipinski definition) is 0. The number of amides is 1. The zero-order valence-electron chi connectivity index (χ0n) is 17.0. The number of anilines is 1. The molecule has 4 nitrogen and oxygen atoms in total. The van der Waals surface area contributed by atoms with Crippen LogP contribution in [0, 0.1) is 20.8 Å². The van der Waals surface area contributed by atoms with Gasteiger partial charge >= 0.3 is 0 Å². The van der Waals surface area contributed by atoms with Gasteiger partial charge in [0.25, 0.3) is 0 Å². The van der Waals surface area contributed by atoms with Crippen molar-refractivity contribution in [2.75, 3.05) is 44.7 Å². The highest BCUT2D eigenvalue weighted by Gasteiger charge is 2.23. The van der Waals surface area contributed by atoms with Crippen LogP contribution < -0.4 is 4.90 Å². The number of piperazine rings is 1. The Labute approximate surface area is 163 Å². The maximum Gasteiger partial charge on any atom is 0.236 e. The Kier molecular flexibility index (Phi) is 6.17. The van der Waals surface area contributed by atoms with Crippen LogP contribution in [0.5, 0.6) is 0 Å². The molecule has 3 rings (SSSR count). The predicted octanol–water partition coefficient (Wildman–Crippen LogP) is 3.39. The normalized spacial score (nSPS) is 14.7. The van der Waals surface area contributed by atoms with Crippen molar-refractivity contribution in [3.63, 3.8) is 0 Å². The third-order valence-electron chi connectivity index (χ3n) is 5.53. The predicted molar refractivity (Wildman–Crippen MR) is 112 cm³/mol. The summed E-state index contributed by atoms with van der Waals surface area (Å²) in [4.78, 5) is 19.2. The highest BCUT2D eigenvalue weighted by Crippen LogP contribution is 2.23. The van der Waals surface area contributed by atoms with E-state index in [1.165, 1.54) is 27.9 Å². The monoisotopic (exact) mass is 365 g/mol. The molecule has 2 aromatic carbocycles. The van der Waals surface area contributed by atoms with Crippen LogP contribution in [-0.2, 0) is 11.3 Å². The van der Waals surface area contributed by atoms with Crippen LogP contribution in [0.2, 0.25) is 0 Å². The number of benzene rings is 2. The number of rotatable bonds is 5. The smallest absolute Gasteiger partial charge is 0.236 e. The van der Waals surface area contributed by atoms with Gasteiger partial charge < -0.3 is 9.80 Å². The quantitative estimate of drug-likeness (QED) is 0.813. The maximum absolute atomic E-state index is 12.7. The molecule has 0 aromatic heterocycles. The van der Waals surface area contributed by atoms with Crippen LogP contribution in [0.1, 0.15) is 22.3 Å². The first kappa shape index (κ1) is 19.4. The van der Waals surface area contributed by atoms with Gasteiger partial charge in [0.1, 0.15) is 0 Å². The first-order valence-electron chi connectivity index (χ1n) is 9.77. The Morgan fingerprint density at radius 1 is 0.963 bits per heavy atom. The molecule has 0 radical (unpaired) electrons.